The summed E-state index contributed by atoms with van der Waals surface area (Å²) < 4.78 is 4.79. The summed E-state index contributed by atoms with van der Waals surface area (Å²) in [6.07, 6.45) is 14.1. The van der Waals surface area contributed by atoms with Crippen molar-refractivity contribution in [3.8, 4) is 12.3 Å². The maximum absolute atomic E-state index is 5.91. The summed E-state index contributed by atoms with van der Waals surface area (Å²) in [6, 6.07) is 0. The van der Waals surface area contributed by atoms with Crippen LogP contribution in [0.3, 0.4) is 0 Å². The van der Waals surface area contributed by atoms with E-state index in [-0.39, 0.29) is 3.43 Å². The van der Waals surface area contributed by atoms with Gasteiger partial charge in [-0.05, 0) is 0 Å². The van der Waals surface area contributed by atoms with Crippen molar-refractivity contribution in [1.29, 1.82) is 0 Å². The second kappa shape index (κ2) is 9.29. The molecule has 106 valence electrons. The first-order valence-electron chi connectivity index (χ1n) is 7.97. The standard InChI is InChI=1S/C5H7.3C4H9.Sn/c1-4-5(2)3;3*1-3-4-2;/h1H,2-3H3;3*1,3-4H2,2H3;. The summed E-state index contributed by atoms with van der Waals surface area (Å²) in [5.41, 5.74) is 0. The van der Waals surface area contributed by atoms with Crippen LogP contribution in [0.2, 0.25) is 16.7 Å². The molecule has 0 rings (SSSR count). The minimum atomic E-state index is -2.19. The molecule has 0 unspecified atom stereocenters. The van der Waals surface area contributed by atoms with Crippen LogP contribution in [-0.2, 0) is 0 Å². The van der Waals surface area contributed by atoms with E-state index in [9.17, 15) is 0 Å². The van der Waals surface area contributed by atoms with E-state index in [0.717, 1.165) is 0 Å². The monoisotopic (exact) mass is 358 g/mol. The van der Waals surface area contributed by atoms with Gasteiger partial charge in [-0.1, -0.05) is 0 Å². The van der Waals surface area contributed by atoms with Crippen molar-refractivity contribution in [2.45, 2.75) is 89.9 Å². The third kappa shape index (κ3) is 5.16. The Kier molecular flexibility index (Phi) is 9.48. The second-order valence-corrected chi connectivity index (χ2v) is 21.5. The Hall–Kier alpha value is 0.359. The molecule has 0 aromatic rings. The Morgan fingerprint density at radius 3 is 1.39 bits per heavy atom. The Balaban J connectivity index is 5.05. The van der Waals surface area contributed by atoms with Crippen LogP contribution in [0.4, 0.5) is 0 Å². The van der Waals surface area contributed by atoms with Crippen molar-refractivity contribution >= 4 is 18.4 Å². The van der Waals surface area contributed by atoms with Gasteiger partial charge in [0.05, 0.1) is 0 Å². The van der Waals surface area contributed by atoms with Gasteiger partial charge in [-0.2, -0.15) is 0 Å². The van der Waals surface area contributed by atoms with Crippen molar-refractivity contribution < 1.29 is 0 Å². The maximum atomic E-state index is 5.91. The molecule has 1 heteroatoms. The fraction of sp³-hybridized carbons (Fsp3) is 0.882. The number of rotatable bonds is 10. The first-order valence-corrected chi connectivity index (χ1v) is 15.5. The van der Waals surface area contributed by atoms with Crippen LogP contribution in [0.5, 0.6) is 0 Å². The molecule has 18 heavy (non-hydrogen) atoms. The molecule has 0 bridgehead atoms. The predicted octanol–water partition coefficient (Wildman–Crippen LogP) is 6.25. The van der Waals surface area contributed by atoms with Crippen molar-refractivity contribution in [1.82, 2.24) is 0 Å². The Labute approximate surface area is 120 Å². The van der Waals surface area contributed by atoms with Crippen molar-refractivity contribution in [2.75, 3.05) is 0 Å². The van der Waals surface area contributed by atoms with Gasteiger partial charge in [0.1, 0.15) is 0 Å². The summed E-state index contributed by atoms with van der Waals surface area (Å²) in [7, 11) is 0. The Morgan fingerprint density at radius 2 is 1.17 bits per heavy atom. The third-order valence-electron chi connectivity index (χ3n) is 4.71. The topological polar surface area (TPSA) is 0 Å². The van der Waals surface area contributed by atoms with E-state index in [4.69, 9.17) is 6.42 Å². The molecule has 0 nitrogen and oxygen atoms in total. The Bertz CT molecular complexity index is 225. The first kappa shape index (κ1) is 18.4. The van der Waals surface area contributed by atoms with Crippen molar-refractivity contribution in [2.24, 2.45) is 0 Å². The molecule has 0 amide bonds. The molecule has 0 aliphatic carbocycles. The SMILES string of the molecule is C#C[C](C)(C)[Sn]([CH2]CCC)([CH2]CCC)[CH2]CCC. The van der Waals surface area contributed by atoms with Crippen LogP contribution < -0.4 is 0 Å². The van der Waals surface area contributed by atoms with Crippen LogP contribution in [0.15, 0.2) is 0 Å². The molecule has 0 radical (unpaired) electrons. The quantitative estimate of drug-likeness (QED) is 0.320. The molecule has 0 saturated carbocycles. The van der Waals surface area contributed by atoms with E-state index in [0.29, 0.717) is 0 Å². The van der Waals surface area contributed by atoms with Crippen LogP contribution in [0.1, 0.15) is 73.1 Å². The molecule has 0 aromatic heterocycles. The van der Waals surface area contributed by atoms with Gasteiger partial charge in [0.15, 0.2) is 0 Å². The first-order chi connectivity index (χ1) is 8.49. The van der Waals surface area contributed by atoms with Crippen LogP contribution in [0, 0.1) is 12.3 Å². The molecule has 0 heterocycles. The molecule has 0 atom stereocenters. The van der Waals surface area contributed by atoms with Gasteiger partial charge < -0.3 is 0 Å². The number of terminal acetylenes is 1. The molecule has 0 aliphatic rings. The number of hydrogen-bond donors (Lipinski definition) is 0. The van der Waals surface area contributed by atoms with Gasteiger partial charge in [0.25, 0.3) is 0 Å². The van der Waals surface area contributed by atoms with E-state index in [1.165, 1.54) is 51.8 Å². The minimum absolute atomic E-state index is 0.244. The molecule has 0 N–H and O–H groups in total. The molecule has 0 saturated heterocycles. The summed E-state index contributed by atoms with van der Waals surface area (Å²) in [5.74, 6) is 3.20. The van der Waals surface area contributed by atoms with E-state index >= 15 is 0 Å². The average Bonchev–Trinajstić information content (AvgIpc) is 2.38. The number of hydrogen-bond acceptors (Lipinski definition) is 0. The van der Waals surface area contributed by atoms with E-state index in [2.05, 4.69) is 40.5 Å². The van der Waals surface area contributed by atoms with Gasteiger partial charge in [0.2, 0.25) is 0 Å². The number of unbranched alkanes of at least 4 members (excludes halogenated alkanes) is 3. The van der Waals surface area contributed by atoms with Crippen molar-refractivity contribution in [3.05, 3.63) is 0 Å². The predicted molar refractivity (Wildman–Crippen MR) is 87.8 cm³/mol. The van der Waals surface area contributed by atoms with Gasteiger partial charge in [-0.3, -0.25) is 0 Å². The van der Waals surface area contributed by atoms with Crippen LogP contribution in [-0.4, -0.2) is 18.4 Å². The summed E-state index contributed by atoms with van der Waals surface area (Å²) in [5, 5.41) is 0. The normalized spacial score (nSPS) is 12.4. The van der Waals surface area contributed by atoms with Gasteiger partial charge in [-0.15, -0.1) is 0 Å². The van der Waals surface area contributed by atoms with Gasteiger partial charge >= 0.3 is 121 Å². The van der Waals surface area contributed by atoms with E-state index in [1.54, 1.807) is 0 Å². The third-order valence-corrected chi connectivity index (χ3v) is 23.9. The van der Waals surface area contributed by atoms with Gasteiger partial charge in [-0.25, -0.2) is 0 Å². The van der Waals surface area contributed by atoms with Crippen LogP contribution >= 0.6 is 0 Å². The zero-order chi connectivity index (χ0) is 14.1. The average molecular weight is 357 g/mol. The Morgan fingerprint density at radius 1 is 0.833 bits per heavy atom. The van der Waals surface area contributed by atoms with Crippen LogP contribution in [0.25, 0.3) is 0 Å². The zero-order valence-corrected chi connectivity index (χ0v) is 16.3. The van der Waals surface area contributed by atoms with E-state index < -0.39 is 18.4 Å². The zero-order valence-electron chi connectivity index (χ0n) is 13.4. The van der Waals surface area contributed by atoms with E-state index in [1.807, 2.05) is 0 Å². The molecule has 0 spiro atoms. The molecular formula is C17H34Sn. The second-order valence-electron chi connectivity index (χ2n) is 6.36. The molecule has 0 fully saturated rings. The fourth-order valence-electron chi connectivity index (χ4n) is 3.01. The van der Waals surface area contributed by atoms with Crippen molar-refractivity contribution in [3.63, 3.8) is 0 Å². The summed E-state index contributed by atoms with van der Waals surface area (Å²) in [6.45, 7) is 11.7. The fourth-order valence-corrected chi connectivity index (χ4v) is 20.2. The molecule has 0 aromatic carbocycles. The summed E-state index contributed by atoms with van der Waals surface area (Å²) >= 11 is -2.19. The van der Waals surface area contributed by atoms with Gasteiger partial charge in [0, 0.05) is 0 Å². The summed E-state index contributed by atoms with van der Waals surface area (Å²) in [4.78, 5) is 0. The molecular weight excluding hydrogens is 323 g/mol. The molecule has 0 aliphatic heterocycles.